The Hall–Kier alpha value is -2.38. The number of sulfonamides is 1. The Labute approximate surface area is 166 Å². The Morgan fingerprint density at radius 2 is 1.96 bits per heavy atom. The van der Waals surface area contributed by atoms with Gasteiger partial charge in [0, 0.05) is 24.4 Å². The van der Waals surface area contributed by atoms with Crippen LogP contribution >= 0.6 is 0 Å². The molecule has 0 radical (unpaired) electrons. The molecule has 1 amide bonds. The highest BCUT2D eigenvalue weighted by atomic mass is 32.2. The van der Waals surface area contributed by atoms with Crippen LogP contribution in [0.15, 0.2) is 47.4 Å². The van der Waals surface area contributed by atoms with Gasteiger partial charge in [0.05, 0.1) is 11.0 Å². The van der Waals surface area contributed by atoms with Gasteiger partial charge in [-0.05, 0) is 68.5 Å². The zero-order valence-corrected chi connectivity index (χ0v) is 17.0. The third kappa shape index (κ3) is 5.33. The van der Waals surface area contributed by atoms with Crippen LogP contribution < -0.4 is 10.0 Å². The van der Waals surface area contributed by atoms with E-state index < -0.39 is 10.0 Å². The minimum absolute atomic E-state index is 0.144. The molecule has 1 aliphatic rings. The molecule has 2 aromatic rings. The SMILES string of the molecule is Cc1cccc(NS(=O)(=O)c2cc(NC(=O)CCC3CCCO3)ccc2C)c1. The van der Waals surface area contributed by atoms with Crippen molar-refractivity contribution in [2.75, 3.05) is 16.6 Å². The van der Waals surface area contributed by atoms with E-state index in [0.717, 1.165) is 25.0 Å². The van der Waals surface area contributed by atoms with Crippen LogP contribution in [-0.2, 0) is 19.6 Å². The summed E-state index contributed by atoms with van der Waals surface area (Å²) in [6.07, 6.45) is 3.21. The first kappa shape index (κ1) is 20.4. The van der Waals surface area contributed by atoms with Crippen LogP contribution in [-0.4, -0.2) is 27.0 Å². The summed E-state index contributed by atoms with van der Waals surface area (Å²) >= 11 is 0. The summed E-state index contributed by atoms with van der Waals surface area (Å²) in [4.78, 5) is 12.4. The minimum Gasteiger partial charge on any atom is -0.378 e. The molecule has 7 heteroatoms. The molecule has 1 aliphatic heterocycles. The summed E-state index contributed by atoms with van der Waals surface area (Å²) in [6, 6.07) is 12.1. The number of aryl methyl sites for hydroxylation is 2. The monoisotopic (exact) mass is 402 g/mol. The largest absolute Gasteiger partial charge is 0.378 e. The molecule has 0 bridgehead atoms. The molecular weight excluding hydrogens is 376 g/mol. The fraction of sp³-hybridized carbons (Fsp3) is 0.381. The number of hydrogen-bond donors (Lipinski definition) is 2. The first-order valence-corrected chi connectivity index (χ1v) is 10.9. The quantitative estimate of drug-likeness (QED) is 0.733. The molecule has 28 heavy (non-hydrogen) atoms. The molecule has 0 aromatic heterocycles. The average molecular weight is 403 g/mol. The van der Waals surface area contributed by atoms with Crippen LogP contribution in [0.25, 0.3) is 0 Å². The molecule has 1 fully saturated rings. The molecule has 1 saturated heterocycles. The highest BCUT2D eigenvalue weighted by molar-refractivity contribution is 7.92. The Bertz CT molecular complexity index is 951. The maximum absolute atomic E-state index is 12.8. The zero-order chi connectivity index (χ0) is 20.1. The van der Waals surface area contributed by atoms with E-state index in [0.29, 0.717) is 29.8 Å². The third-order valence-corrected chi connectivity index (χ3v) is 6.27. The van der Waals surface area contributed by atoms with Crippen molar-refractivity contribution in [3.63, 3.8) is 0 Å². The molecule has 0 saturated carbocycles. The smallest absolute Gasteiger partial charge is 0.262 e. The first-order chi connectivity index (χ1) is 13.3. The normalized spacial score (nSPS) is 16.7. The van der Waals surface area contributed by atoms with Crippen LogP contribution in [0.1, 0.15) is 36.8 Å². The molecule has 150 valence electrons. The third-order valence-electron chi connectivity index (χ3n) is 4.75. The van der Waals surface area contributed by atoms with Crippen molar-refractivity contribution in [3.8, 4) is 0 Å². The number of hydrogen-bond acceptors (Lipinski definition) is 4. The fourth-order valence-electron chi connectivity index (χ4n) is 3.27. The van der Waals surface area contributed by atoms with E-state index in [1.54, 1.807) is 37.3 Å². The van der Waals surface area contributed by atoms with Gasteiger partial charge in [0.2, 0.25) is 5.91 Å². The van der Waals surface area contributed by atoms with E-state index in [9.17, 15) is 13.2 Å². The van der Waals surface area contributed by atoms with Gasteiger partial charge < -0.3 is 10.1 Å². The molecule has 1 atom stereocenters. The fourth-order valence-corrected chi connectivity index (χ4v) is 4.59. The van der Waals surface area contributed by atoms with E-state index in [-0.39, 0.29) is 16.9 Å². The summed E-state index contributed by atoms with van der Waals surface area (Å²) in [6.45, 7) is 4.39. The Kier molecular flexibility index (Phi) is 6.36. The summed E-state index contributed by atoms with van der Waals surface area (Å²) < 4.78 is 33.8. The summed E-state index contributed by atoms with van der Waals surface area (Å²) in [5, 5.41) is 2.79. The average Bonchev–Trinajstić information content (AvgIpc) is 3.15. The number of rotatable bonds is 7. The van der Waals surface area contributed by atoms with Crippen molar-refractivity contribution in [2.45, 2.75) is 50.5 Å². The number of anilines is 2. The van der Waals surface area contributed by atoms with Crippen molar-refractivity contribution < 1.29 is 17.9 Å². The number of amides is 1. The second-order valence-corrected chi connectivity index (χ2v) is 8.83. The van der Waals surface area contributed by atoms with E-state index in [4.69, 9.17) is 4.74 Å². The van der Waals surface area contributed by atoms with Gasteiger partial charge in [0.25, 0.3) is 10.0 Å². The van der Waals surface area contributed by atoms with Gasteiger partial charge in [-0.2, -0.15) is 0 Å². The molecular formula is C21H26N2O4S. The van der Waals surface area contributed by atoms with Crippen molar-refractivity contribution in [3.05, 3.63) is 53.6 Å². The lowest BCUT2D eigenvalue weighted by atomic mass is 10.1. The molecule has 2 aromatic carbocycles. The summed E-state index contributed by atoms with van der Waals surface area (Å²) in [5.74, 6) is -0.144. The second-order valence-electron chi connectivity index (χ2n) is 7.18. The molecule has 3 rings (SSSR count). The van der Waals surface area contributed by atoms with Gasteiger partial charge in [0.15, 0.2) is 0 Å². The molecule has 0 spiro atoms. The van der Waals surface area contributed by atoms with Crippen molar-refractivity contribution in [2.24, 2.45) is 0 Å². The predicted molar refractivity (Wildman–Crippen MR) is 110 cm³/mol. The molecule has 6 nitrogen and oxygen atoms in total. The summed E-state index contributed by atoms with van der Waals surface area (Å²) in [7, 11) is -3.77. The number of carbonyl (C=O) groups excluding carboxylic acids is 1. The second kappa shape index (κ2) is 8.75. The van der Waals surface area contributed by atoms with E-state index in [1.807, 2.05) is 13.0 Å². The maximum Gasteiger partial charge on any atom is 0.262 e. The molecule has 1 heterocycles. The van der Waals surface area contributed by atoms with Crippen molar-refractivity contribution in [1.29, 1.82) is 0 Å². The predicted octanol–water partition coefficient (Wildman–Crippen LogP) is 4.00. The lowest BCUT2D eigenvalue weighted by Crippen LogP contribution is -2.17. The van der Waals surface area contributed by atoms with Gasteiger partial charge in [0.1, 0.15) is 0 Å². The van der Waals surface area contributed by atoms with Gasteiger partial charge in [-0.25, -0.2) is 8.42 Å². The maximum atomic E-state index is 12.8. The lowest BCUT2D eigenvalue weighted by molar-refractivity contribution is -0.116. The van der Waals surface area contributed by atoms with Crippen molar-refractivity contribution >= 4 is 27.3 Å². The van der Waals surface area contributed by atoms with Gasteiger partial charge >= 0.3 is 0 Å². The van der Waals surface area contributed by atoms with Crippen LogP contribution in [0.5, 0.6) is 0 Å². The zero-order valence-electron chi connectivity index (χ0n) is 16.2. The standard InChI is InChI=1S/C21H26N2O4S/c1-15-5-3-6-18(13-15)23-28(25,26)20-14-17(9-8-16(20)2)22-21(24)11-10-19-7-4-12-27-19/h3,5-6,8-9,13-14,19,23H,4,7,10-12H2,1-2H3,(H,22,24). The van der Waals surface area contributed by atoms with E-state index >= 15 is 0 Å². The van der Waals surface area contributed by atoms with Gasteiger partial charge in [-0.3, -0.25) is 9.52 Å². The lowest BCUT2D eigenvalue weighted by Gasteiger charge is -2.13. The Morgan fingerprint density at radius 1 is 1.14 bits per heavy atom. The van der Waals surface area contributed by atoms with Gasteiger partial charge in [-0.1, -0.05) is 18.2 Å². The van der Waals surface area contributed by atoms with Crippen LogP contribution in [0.3, 0.4) is 0 Å². The molecule has 0 aliphatic carbocycles. The highest BCUT2D eigenvalue weighted by Crippen LogP contribution is 2.24. The van der Waals surface area contributed by atoms with Crippen molar-refractivity contribution in [1.82, 2.24) is 0 Å². The number of ether oxygens (including phenoxy) is 1. The van der Waals surface area contributed by atoms with Crippen LogP contribution in [0.4, 0.5) is 11.4 Å². The number of benzene rings is 2. The Balaban J connectivity index is 1.70. The Morgan fingerprint density at radius 3 is 2.68 bits per heavy atom. The summed E-state index contributed by atoms with van der Waals surface area (Å²) in [5.41, 5.74) is 2.54. The van der Waals surface area contributed by atoms with Crippen LogP contribution in [0.2, 0.25) is 0 Å². The molecule has 2 N–H and O–H groups in total. The number of nitrogens with one attached hydrogen (secondary N) is 2. The number of carbonyl (C=O) groups is 1. The molecule has 1 unspecified atom stereocenters. The van der Waals surface area contributed by atoms with Crippen LogP contribution in [0, 0.1) is 13.8 Å². The highest BCUT2D eigenvalue weighted by Gasteiger charge is 2.19. The van der Waals surface area contributed by atoms with E-state index in [1.165, 1.54) is 6.07 Å². The first-order valence-electron chi connectivity index (χ1n) is 9.45. The topological polar surface area (TPSA) is 84.5 Å². The minimum atomic E-state index is -3.77. The van der Waals surface area contributed by atoms with Gasteiger partial charge in [-0.15, -0.1) is 0 Å². The van der Waals surface area contributed by atoms with E-state index in [2.05, 4.69) is 10.0 Å².